The number of H-pyrrole nitrogens is 1. The van der Waals surface area contributed by atoms with Gasteiger partial charge in [0.2, 0.25) is 0 Å². The van der Waals surface area contributed by atoms with Crippen LogP contribution in [0.1, 0.15) is 36.2 Å². The molecule has 2 atom stereocenters. The van der Waals surface area contributed by atoms with Gasteiger partial charge >= 0.3 is 6.03 Å². The van der Waals surface area contributed by atoms with E-state index in [0.29, 0.717) is 12.8 Å². The molecule has 1 fully saturated rings. The maximum absolute atomic E-state index is 13.3. The molecule has 3 amide bonds. The van der Waals surface area contributed by atoms with Crippen molar-refractivity contribution in [1.29, 1.82) is 0 Å². The molecule has 1 aromatic heterocycles. The zero-order chi connectivity index (χ0) is 19.6. The van der Waals surface area contributed by atoms with Crippen molar-refractivity contribution in [1.82, 2.24) is 14.8 Å². The third-order valence-corrected chi connectivity index (χ3v) is 6.75. The van der Waals surface area contributed by atoms with Crippen LogP contribution in [-0.2, 0) is 11.2 Å². The number of imide groups is 1. The normalized spacial score (nSPS) is 24.0. The molecule has 0 aliphatic carbocycles. The topological polar surface area (TPSA) is 56.4 Å². The number of likely N-dealkylation sites (N-methyl/N-ethyl adjacent to an activating group) is 1. The molecule has 0 spiro atoms. The number of benzene rings is 2. The van der Waals surface area contributed by atoms with Crippen molar-refractivity contribution in [2.75, 3.05) is 7.05 Å². The Kier molecular flexibility index (Phi) is 3.72. The second-order valence-electron chi connectivity index (χ2n) is 7.60. The van der Waals surface area contributed by atoms with E-state index in [9.17, 15) is 9.59 Å². The highest BCUT2D eigenvalue weighted by atomic mass is 79.9. The lowest BCUT2D eigenvalue weighted by Gasteiger charge is -2.44. The highest BCUT2D eigenvalue weighted by Gasteiger charge is 2.60. The third kappa shape index (κ3) is 2.12. The number of halogens is 1. The summed E-state index contributed by atoms with van der Waals surface area (Å²) in [5.74, 6) is -0.115. The number of carbonyl (C=O) groups is 2. The van der Waals surface area contributed by atoms with Crippen LogP contribution < -0.4 is 0 Å². The summed E-state index contributed by atoms with van der Waals surface area (Å²) in [7, 11) is 1.59. The fourth-order valence-corrected chi connectivity index (χ4v) is 5.21. The predicted octanol–water partition coefficient (Wildman–Crippen LogP) is 4.62. The van der Waals surface area contributed by atoms with Crippen LogP contribution in [0.5, 0.6) is 0 Å². The summed E-state index contributed by atoms with van der Waals surface area (Å²) >= 11 is 3.57. The van der Waals surface area contributed by atoms with Crippen molar-refractivity contribution in [2.45, 2.75) is 31.3 Å². The van der Waals surface area contributed by atoms with E-state index in [0.717, 1.165) is 32.2 Å². The zero-order valence-corrected chi connectivity index (χ0v) is 17.3. The molecular formula is C22H20BrN3O2. The summed E-state index contributed by atoms with van der Waals surface area (Å²) in [6.45, 7) is 2.00. The van der Waals surface area contributed by atoms with Gasteiger partial charge in [-0.3, -0.25) is 14.6 Å². The molecule has 0 saturated carbocycles. The van der Waals surface area contributed by atoms with Crippen molar-refractivity contribution in [2.24, 2.45) is 0 Å². The largest absolute Gasteiger partial charge is 0.356 e. The molecule has 1 N–H and O–H groups in total. The van der Waals surface area contributed by atoms with E-state index in [-0.39, 0.29) is 18.0 Å². The molecule has 3 aromatic rings. The number of aromatic nitrogens is 1. The quantitative estimate of drug-likeness (QED) is 0.594. The van der Waals surface area contributed by atoms with Gasteiger partial charge in [-0.15, -0.1) is 0 Å². The fraction of sp³-hybridized carbons (Fsp3) is 0.273. The lowest BCUT2D eigenvalue weighted by molar-refractivity contribution is -0.133. The Morgan fingerprint density at radius 2 is 1.93 bits per heavy atom. The SMILES string of the molecule is CCC12Cc3c([nH]c4ccc(Br)cc34)C(c3ccccc3)N1C(=O)N(C)C2=O. The molecule has 2 aliphatic heterocycles. The Morgan fingerprint density at radius 3 is 2.64 bits per heavy atom. The number of rotatable bonds is 2. The molecule has 2 aromatic carbocycles. The molecule has 6 heteroatoms. The van der Waals surface area contributed by atoms with Gasteiger partial charge in [-0.25, -0.2) is 4.79 Å². The lowest BCUT2D eigenvalue weighted by Crippen LogP contribution is -2.55. The Morgan fingerprint density at radius 1 is 1.18 bits per heavy atom. The summed E-state index contributed by atoms with van der Waals surface area (Å²) in [5, 5.41) is 1.10. The van der Waals surface area contributed by atoms with Gasteiger partial charge in [-0.2, -0.15) is 0 Å². The van der Waals surface area contributed by atoms with Gasteiger partial charge < -0.3 is 4.98 Å². The van der Waals surface area contributed by atoms with Gasteiger partial charge in [0.1, 0.15) is 11.6 Å². The molecule has 142 valence electrons. The molecule has 5 nitrogen and oxygen atoms in total. The smallest absolute Gasteiger partial charge is 0.328 e. The molecule has 1 saturated heterocycles. The number of hydrogen-bond donors (Lipinski definition) is 1. The zero-order valence-electron chi connectivity index (χ0n) is 15.7. The predicted molar refractivity (Wildman–Crippen MR) is 111 cm³/mol. The van der Waals surface area contributed by atoms with E-state index in [4.69, 9.17) is 0 Å². The monoisotopic (exact) mass is 437 g/mol. The number of nitrogens with one attached hydrogen (secondary N) is 1. The number of urea groups is 1. The van der Waals surface area contributed by atoms with Crippen molar-refractivity contribution in [3.05, 3.63) is 69.8 Å². The lowest BCUT2D eigenvalue weighted by atomic mass is 9.78. The first-order chi connectivity index (χ1) is 13.5. The van der Waals surface area contributed by atoms with Crippen molar-refractivity contribution in [3.8, 4) is 0 Å². The van der Waals surface area contributed by atoms with Gasteiger partial charge in [-0.1, -0.05) is 53.2 Å². The van der Waals surface area contributed by atoms with Crippen LogP contribution in [0.4, 0.5) is 4.79 Å². The first-order valence-corrected chi connectivity index (χ1v) is 10.2. The van der Waals surface area contributed by atoms with Crippen LogP contribution in [0.25, 0.3) is 10.9 Å². The van der Waals surface area contributed by atoms with Crippen LogP contribution >= 0.6 is 15.9 Å². The van der Waals surface area contributed by atoms with Gasteiger partial charge in [0.05, 0.1) is 0 Å². The van der Waals surface area contributed by atoms with Crippen molar-refractivity contribution in [3.63, 3.8) is 0 Å². The van der Waals surface area contributed by atoms with E-state index in [1.54, 1.807) is 11.9 Å². The summed E-state index contributed by atoms with van der Waals surface area (Å²) < 4.78 is 0.997. The fourth-order valence-electron chi connectivity index (χ4n) is 4.85. The van der Waals surface area contributed by atoms with Crippen LogP contribution in [0, 0.1) is 0 Å². The molecule has 0 radical (unpaired) electrons. The van der Waals surface area contributed by atoms with Crippen molar-refractivity contribution >= 4 is 38.8 Å². The number of amides is 3. The number of hydrogen-bond acceptors (Lipinski definition) is 2. The summed E-state index contributed by atoms with van der Waals surface area (Å²) in [6, 6.07) is 15.5. The van der Waals surface area contributed by atoms with Crippen LogP contribution in [0.2, 0.25) is 0 Å². The van der Waals surface area contributed by atoms with E-state index in [1.807, 2.05) is 49.4 Å². The molecule has 5 rings (SSSR count). The average molecular weight is 438 g/mol. The number of fused-ring (bicyclic) bond motifs is 4. The number of carbonyl (C=O) groups excluding carboxylic acids is 2. The molecular weight excluding hydrogens is 418 g/mol. The summed E-state index contributed by atoms with van der Waals surface area (Å²) in [4.78, 5) is 33.1. The molecule has 28 heavy (non-hydrogen) atoms. The van der Waals surface area contributed by atoms with Crippen molar-refractivity contribution < 1.29 is 9.59 Å². The van der Waals surface area contributed by atoms with Crippen LogP contribution in [0.15, 0.2) is 53.0 Å². The van der Waals surface area contributed by atoms with E-state index in [1.165, 1.54) is 4.90 Å². The van der Waals surface area contributed by atoms with E-state index < -0.39 is 5.54 Å². The number of nitrogens with zero attached hydrogens (tertiary/aromatic N) is 2. The van der Waals surface area contributed by atoms with Gasteiger partial charge in [0, 0.05) is 34.5 Å². The second-order valence-corrected chi connectivity index (χ2v) is 8.51. The van der Waals surface area contributed by atoms with E-state index in [2.05, 4.69) is 27.0 Å². The maximum Gasteiger partial charge on any atom is 0.328 e. The second kappa shape index (κ2) is 5.95. The molecule has 3 heterocycles. The van der Waals surface area contributed by atoms with Gasteiger partial charge in [0.15, 0.2) is 0 Å². The minimum Gasteiger partial charge on any atom is -0.356 e. The average Bonchev–Trinajstić information content (AvgIpc) is 3.16. The maximum atomic E-state index is 13.3. The van der Waals surface area contributed by atoms with Gasteiger partial charge in [0.25, 0.3) is 5.91 Å². The Labute approximate surface area is 171 Å². The highest BCUT2D eigenvalue weighted by Crippen LogP contribution is 2.49. The van der Waals surface area contributed by atoms with Crippen LogP contribution in [0.3, 0.4) is 0 Å². The minimum atomic E-state index is -0.850. The summed E-state index contributed by atoms with van der Waals surface area (Å²) in [6.07, 6.45) is 1.10. The Hall–Kier alpha value is -2.60. The van der Waals surface area contributed by atoms with E-state index >= 15 is 0 Å². The first kappa shape index (κ1) is 17.5. The van der Waals surface area contributed by atoms with Crippen LogP contribution in [-0.4, -0.2) is 39.3 Å². The molecule has 0 bridgehead atoms. The highest BCUT2D eigenvalue weighted by molar-refractivity contribution is 9.10. The Balaban J connectivity index is 1.85. The minimum absolute atomic E-state index is 0.115. The molecule has 2 aliphatic rings. The Bertz CT molecular complexity index is 1120. The summed E-state index contributed by atoms with van der Waals surface area (Å²) in [5.41, 5.74) is 3.30. The van der Waals surface area contributed by atoms with Gasteiger partial charge in [-0.05, 0) is 35.7 Å². The molecule has 2 unspecified atom stereocenters. The standard InChI is InChI=1S/C22H20BrN3O2/c1-3-22-12-16-15-11-14(23)9-10-17(15)24-18(16)19(13-7-5-4-6-8-13)26(22)21(28)25(2)20(22)27/h4-11,19,24H,3,12H2,1-2H3. The first-order valence-electron chi connectivity index (χ1n) is 9.44. The number of aromatic amines is 1. The third-order valence-electron chi connectivity index (χ3n) is 6.26.